The summed E-state index contributed by atoms with van der Waals surface area (Å²) >= 11 is 0. The van der Waals surface area contributed by atoms with Gasteiger partial charge in [0, 0.05) is 29.8 Å². The first-order valence-electron chi connectivity index (χ1n) is 9.40. The standard InChI is InChI=1S/C22H17N3O4/c26-24(27)14-9-10-19-17(12-14)21-15-6-2-1-5-13(15)11-18(21)22(23-19)16-7-3-4-8-20(16)25(28)29/h1-10,12,18,21-23H,11H2/t18-,21-,22+/m0/s1. The van der Waals surface area contributed by atoms with Gasteiger partial charge in [-0.2, -0.15) is 0 Å². The van der Waals surface area contributed by atoms with Gasteiger partial charge in [0.25, 0.3) is 11.4 Å². The molecule has 1 aliphatic carbocycles. The van der Waals surface area contributed by atoms with E-state index in [-0.39, 0.29) is 39.1 Å². The summed E-state index contributed by atoms with van der Waals surface area (Å²) in [5.41, 5.74) is 4.78. The van der Waals surface area contributed by atoms with E-state index in [1.165, 1.54) is 17.7 Å². The van der Waals surface area contributed by atoms with Crippen LogP contribution in [0.2, 0.25) is 0 Å². The van der Waals surface area contributed by atoms with E-state index in [1.54, 1.807) is 24.3 Å². The topological polar surface area (TPSA) is 98.3 Å². The lowest BCUT2D eigenvalue weighted by Gasteiger charge is -2.37. The fourth-order valence-electron chi connectivity index (χ4n) is 4.89. The van der Waals surface area contributed by atoms with Crippen molar-refractivity contribution in [3.05, 3.63) is 109 Å². The molecule has 3 atom stereocenters. The third-order valence-corrected chi connectivity index (χ3v) is 6.06. The van der Waals surface area contributed by atoms with Crippen LogP contribution in [0.4, 0.5) is 17.1 Å². The first-order chi connectivity index (χ1) is 14.0. The quantitative estimate of drug-likeness (QED) is 0.505. The number of benzene rings is 3. The molecular formula is C22H17N3O4. The van der Waals surface area contributed by atoms with E-state index in [1.807, 2.05) is 18.2 Å². The second kappa shape index (κ2) is 6.41. The number of hydrogen-bond donors (Lipinski definition) is 1. The number of fused-ring (bicyclic) bond motifs is 5. The molecule has 1 heterocycles. The van der Waals surface area contributed by atoms with Gasteiger partial charge < -0.3 is 5.32 Å². The monoisotopic (exact) mass is 387 g/mol. The van der Waals surface area contributed by atoms with Gasteiger partial charge in [-0.05, 0) is 35.1 Å². The highest BCUT2D eigenvalue weighted by atomic mass is 16.6. The van der Waals surface area contributed by atoms with Crippen molar-refractivity contribution < 1.29 is 9.85 Å². The molecule has 1 N–H and O–H groups in total. The molecule has 0 unspecified atom stereocenters. The van der Waals surface area contributed by atoms with E-state index in [9.17, 15) is 20.2 Å². The van der Waals surface area contributed by atoms with Crippen molar-refractivity contribution in [3.8, 4) is 0 Å². The van der Waals surface area contributed by atoms with Gasteiger partial charge in [-0.1, -0.05) is 42.5 Å². The van der Waals surface area contributed by atoms with Crippen molar-refractivity contribution in [2.45, 2.75) is 18.4 Å². The number of hydrogen-bond acceptors (Lipinski definition) is 5. The van der Waals surface area contributed by atoms with Gasteiger partial charge in [-0.25, -0.2) is 0 Å². The molecule has 144 valence electrons. The Morgan fingerprint density at radius 1 is 0.828 bits per heavy atom. The number of rotatable bonds is 3. The minimum absolute atomic E-state index is 0.0306. The zero-order valence-corrected chi connectivity index (χ0v) is 15.3. The molecule has 0 bridgehead atoms. The number of non-ortho nitro benzene ring substituents is 1. The van der Waals surface area contributed by atoms with E-state index < -0.39 is 0 Å². The minimum Gasteiger partial charge on any atom is -0.377 e. The van der Waals surface area contributed by atoms with Crippen LogP contribution in [-0.4, -0.2) is 9.85 Å². The summed E-state index contributed by atoms with van der Waals surface area (Å²) in [6.45, 7) is 0. The molecule has 0 spiro atoms. The lowest BCUT2D eigenvalue weighted by atomic mass is 9.75. The zero-order valence-electron chi connectivity index (χ0n) is 15.3. The van der Waals surface area contributed by atoms with Gasteiger partial charge in [0.15, 0.2) is 0 Å². The van der Waals surface area contributed by atoms with Gasteiger partial charge >= 0.3 is 0 Å². The zero-order chi connectivity index (χ0) is 20.1. The average molecular weight is 387 g/mol. The molecular weight excluding hydrogens is 370 g/mol. The molecule has 0 amide bonds. The van der Waals surface area contributed by atoms with Crippen LogP contribution in [0.15, 0.2) is 66.7 Å². The van der Waals surface area contributed by atoms with Crippen LogP contribution in [0.5, 0.6) is 0 Å². The van der Waals surface area contributed by atoms with Crippen molar-refractivity contribution in [3.63, 3.8) is 0 Å². The highest BCUT2D eigenvalue weighted by Gasteiger charge is 2.45. The highest BCUT2D eigenvalue weighted by Crippen LogP contribution is 2.55. The molecule has 5 rings (SSSR count). The van der Waals surface area contributed by atoms with Gasteiger partial charge in [0.2, 0.25) is 0 Å². The Bertz CT molecular complexity index is 1160. The Balaban J connectivity index is 1.71. The molecule has 0 radical (unpaired) electrons. The Labute approximate surface area is 166 Å². The van der Waals surface area contributed by atoms with Crippen molar-refractivity contribution >= 4 is 17.1 Å². The van der Waals surface area contributed by atoms with Crippen molar-refractivity contribution in [1.82, 2.24) is 0 Å². The van der Waals surface area contributed by atoms with Crippen molar-refractivity contribution in [1.29, 1.82) is 0 Å². The molecule has 3 aromatic carbocycles. The summed E-state index contributed by atoms with van der Waals surface area (Å²) in [6, 6.07) is 19.5. The lowest BCUT2D eigenvalue weighted by Crippen LogP contribution is -2.30. The predicted octanol–water partition coefficient (Wildman–Crippen LogP) is 4.97. The van der Waals surface area contributed by atoms with Gasteiger partial charge in [-0.15, -0.1) is 0 Å². The van der Waals surface area contributed by atoms with Crippen LogP contribution < -0.4 is 5.32 Å². The number of nitrogens with zero attached hydrogens (tertiary/aromatic N) is 2. The van der Waals surface area contributed by atoms with Crippen molar-refractivity contribution in [2.75, 3.05) is 5.32 Å². The number of nitrogens with one attached hydrogen (secondary N) is 1. The van der Waals surface area contributed by atoms with Crippen LogP contribution in [0.1, 0.15) is 34.2 Å². The number of anilines is 1. The Morgan fingerprint density at radius 2 is 1.55 bits per heavy atom. The van der Waals surface area contributed by atoms with E-state index >= 15 is 0 Å². The minimum atomic E-state index is -0.385. The maximum absolute atomic E-state index is 11.6. The second-order valence-corrected chi connectivity index (χ2v) is 7.51. The SMILES string of the molecule is O=[N+]([O-])c1ccc2c(c1)[C@@H]1c3ccccc3C[C@@H]1[C@@H](c1ccccc1[N+](=O)[O-])N2. The van der Waals surface area contributed by atoms with Gasteiger partial charge in [-0.3, -0.25) is 20.2 Å². The van der Waals surface area contributed by atoms with Gasteiger partial charge in [0.1, 0.15) is 0 Å². The molecule has 7 heteroatoms. The van der Waals surface area contributed by atoms with Crippen LogP contribution >= 0.6 is 0 Å². The Kier molecular flexibility index (Phi) is 3.84. The smallest absolute Gasteiger partial charge is 0.274 e. The molecule has 1 aliphatic heterocycles. The maximum atomic E-state index is 11.6. The van der Waals surface area contributed by atoms with E-state index in [0.29, 0.717) is 5.56 Å². The Hall–Kier alpha value is -3.74. The molecule has 3 aromatic rings. The first-order valence-corrected chi connectivity index (χ1v) is 9.40. The molecule has 0 fully saturated rings. The molecule has 29 heavy (non-hydrogen) atoms. The van der Waals surface area contributed by atoms with Gasteiger partial charge in [0.05, 0.1) is 21.5 Å². The van der Waals surface area contributed by atoms with E-state index in [2.05, 4.69) is 17.4 Å². The van der Waals surface area contributed by atoms with Crippen LogP contribution in [0.25, 0.3) is 0 Å². The lowest BCUT2D eigenvalue weighted by molar-refractivity contribution is -0.385. The summed E-state index contributed by atoms with van der Waals surface area (Å²) < 4.78 is 0. The number of nitro groups is 2. The molecule has 2 aliphatic rings. The maximum Gasteiger partial charge on any atom is 0.274 e. The largest absolute Gasteiger partial charge is 0.377 e. The van der Waals surface area contributed by atoms with Crippen molar-refractivity contribution in [2.24, 2.45) is 5.92 Å². The van der Waals surface area contributed by atoms with E-state index in [4.69, 9.17) is 0 Å². The fraction of sp³-hybridized carbons (Fsp3) is 0.182. The van der Waals surface area contributed by atoms with Crippen LogP contribution in [0, 0.1) is 26.1 Å². The summed E-state index contributed by atoms with van der Waals surface area (Å²) in [5.74, 6) is -0.0184. The summed E-state index contributed by atoms with van der Waals surface area (Å²) in [6.07, 6.45) is 0.757. The molecule has 0 aromatic heterocycles. The number of nitro benzene ring substituents is 2. The summed E-state index contributed by atoms with van der Waals surface area (Å²) in [4.78, 5) is 22.3. The highest BCUT2D eigenvalue weighted by molar-refractivity contribution is 5.66. The number of para-hydroxylation sites is 1. The average Bonchev–Trinajstić information content (AvgIpc) is 3.12. The Morgan fingerprint density at radius 3 is 2.31 bits per heavy atom. The second-order valence-electron chi connectivity index (χ2n) is 7.51. The molecule has 7 nitrogen and oxygen atoms in total. The normalized spacial score (nSPS) is 21.4. The third kappa shape index (κ3) is 2.66. The van der Waals surface area contributed by atoms with Crippen LogP contribution in [-0.2, 0) is 6.42 Å². The predicted molar refractivity (Wildman–Crippen MR) is 108 cm³/mol. The molecule has 0 saturated heterocycles. The third-order valence-electron chi connectivity index (χ3n) is 6.06. The fourth-order valence-corrected chi connectivity index (χ4v) is 4.89. The molecule has 0 saturated carbocycles. The summed E-state index contributed by atoms with van der Waals surface area (Å²) in [5, 5.41) is 26.4. The van der Waals surface area contributed by atoms with E-state index in [0.717, 1.165) is 23.2 Å². The first kappa shape index (κ1) is 17.4. The summed E-state index contributed by atoms with van der Waals surface area (Å²) in [7, 11) is 0. The van der Waals surface area contributed by atoms with Crippen LogP contribution in [0.3, 0.4) is 0 Å².